The third kappa shape index (κ3) is 3.77. The van der Waals surface area contributed by atoms with Gasteiger partial charge >= 0.3 is 6.18 Å². The summed E-state index contributed by atoms with van der Waals surface area (Å²) in [5.41, 5.74) is 3.23. The van der Waals surface area contributed by atoms with Crippen LogP contribution in [0.5, 0.6) is 0 Å². The molecule has 2 aromatic rings. The molecule has 0 bridgehead atoms. The monoisotopic (exact) mass is 378 g/mol. The molecule has 112 valence electrons. The van der Waals surface area contributed by atoms with Gasteiger partial charge in [-0.1, -0.05) is 39.7 Å². The minimum absolute atomic E-state index is 0.472. The lowest BCUT2D eigenvalue weighted by Crippen LogP contribution is -2.29. The summed E-state index contributed by atoms with van der Waals surface area (Å²) in [7, 11) is 0. The maximum atomic E-state index is 12.6. The number of hydrogen-bond acceptors (Lipinski definition) is 2. The van der Waals surface area contributed by atoms with E-state index in [0.29, 0.717) is 10.6 Å². The maximum Gasteiger partial charge on any atom is 0.416 e. The fourth-order valence-corrected chi connectivity index (χ4v) is 2.62. The van der Waals surface area contributed by atoms with Crippen molar-refractivity contribution in [2.75, 3.05) is 0 Å². The van der Waals surface area contributed by atoms with Gasteiger partial charge in [-0.2, -0.15) is 13.2 Å². The summed E-state index contributed by atoms with van der Waals surface area (Å²) in [6, 6.07) is 9.52. The van der Waals surface area contributed by atoms with E-state index >= 15 is 0 Å². The Morgan fingerprint density at radius 1 is 1.10 bits per heavy atom. The van der Waals surface area contributed by atoms with Crippen molar-refractivity contribution in [3.8, 4) is 0 Å². The SMILES string of the molecule is NNC(c1ccc(C(F)(F)F)cc1)c1cc(Cl)ccc1Br. The van der Waals surface area contributed by atoms with Gasteiger partial charge in [-0.05, 0) is 41.5 Å². The molecule has 2 nitrogen and oxygen atoms in total. The van der Waals surface area contributed by atoms with Crippen molar-refractivity contribution in [1.29, 1.82) is 0 Å². The lowest BCUT2D eigenvalue weighted by atomic mass is 9.98. The lowest BCUT2D eigenvalue weighted by molar-refractivity contribution is -0.137. The summed E-state index contributed by atoms with van der Waals surface area (Å²) in [5.74, 6) is 5.54. The maximum absolute atomic E-state index is 12.6. The van der Waals surface area contributed by atoms with Crippen molar-refractivity contribution >= 4 is 27.5 Å². The first-order valence-corrected chi connectivity index (χ1v) is 7.08. The van der Waals surface area contributed by atoms with Crippen LogP contribution in [-0.2, 0) is 6.18 Å². The van der Waals surface area contributed by atoms with E-state index in [1.54, 1.807) is 18.2 Å². The number of rotatable bonds is 3. The van der Waals surface area contributed by atoms with E-state index < -0.39 is 17.8 Å². The number of hydrazine groups is 1. The molecule has 1 unspecified atom stereocenters. The van der Waals surface area contributed by atoms with Crippen LogP contribution in [0.25, 0.3) is 0 Å². The number of benzene rings is 2. The first kappa shape index (κ1) is 16.3. The van der Waals surface area contributed by atoms with Gasteiger partial charge in [0.15, 0.2) is 0 Å². The zero-order valence-electron chi connectivity index (χ0n) is 10.6. The molecule has 7 heteroatoms. The summed E-state index contributed by atoms with van der Waals surface area (Å²) in [6.45, 7) is 0. The Bertz CT molecular complexity index is 629. The second kappa shape index (κ2) is 6.36. The van der Waals surface area contributed by atoms with Gasteiger partial charge in [0, 0.05) is 9.50 Å². The molecule has 1 atom stereocenters. The zero-order valence-corrected chi connectivity index (χ0v) is 12.9. The molecule has 0 amide bonds. The van der Waals surface area contributed by atoms with Gasteiger partial charge in [-0.25, -0.2) is 5.43 Å². The van der Waals surface area contributed by atoms with Crippen molar-refractivity contribution < 1.29 is 13.2 Å². The Labute approximate surface area is 133 Å². The molecule has 0 spiro atoms. The number of nitrogens with two attached hydrogens (primary N) is 1. The number of halogens is 5. The van der Waals surface area contributed by atoms with E-state index in [-0.39, 0.29) is 0 Å². The molecule has 0 aliphatic carbocycles. The standard InChI is InChI=1S/C14H11BrClF3N2/c15-12-6-5-10(16)7-11(12)13(21-20)8-1-3-9(4-2-8)14(17,18)19/h1-7,13,21H,20H2. The van der Waals surface area contributed by atoms with Crippen molar-refractivity contribution in [2.45, 2.75) is 12.2 Å². The Morgan fingerprint density at radius 2 is 1.71 bits per heavy atom. The van der Waals surface area contributed by atoms with E-state index in [0.717, 1.165) is 22.2 Å². The highest BCUT2D eigenvalue weighted by Gasteiger charge is 2.30. The summed E-state index contributed by atoms with van der Waals surface area (Å²) in [4.78, 5) is 0. The van der Waals surface area contributed by atoms with Crippen molar-refractivity contribution in [3.63, 3.8) is 0 Å². The Hall–Kier alpha value is -1.08. The van der Waals surface area contributed by atoms with Crippen LogP contribution in [-0.4, -0.2) is 0 Å². The highest BCUT2D eigenvalue weighted by Crippen LogP contribution is 2.33. The third-order valence-electron chi connectivity index (χ3n) is 3.01. The Morgan fingerprint density at radius 3 is 2.24 bits per heavy atom. The van der Waals surface area contributed by atoms with Crippen LogP contribution in [0.4, 0.5) is 13.2 Å². The minimum Gasteiger partial charge on any atom is -0.271 e. The molecule has 3 N–H and O–H groups in total. The zero-order chi connectivity index (χ0) is 15.6. The largest absolute Gasteiger partial charge is 0.416 e. The Balaban J connectivity index is 2.40. The van der Waals surface area contributed by atoms with Gasteiger partial charge in [-0.3, -0.25) is 5.84 Å². The molecular weight excluding hydrogens is 369 g/mol. The summed E-state index contributed by atoms with van der Waals surface area (Å²) in [6.07, 6.45) is -4.36. The molecule has 0 heterocycles. The average molecular weight is 380 g/mol. The molecule has 0 aromatic heterocycles. The predicted molar refractivity (Wildman–Crippen MR) is 79.8 cm³/mol. The molecule has 2 rings (SSSR count). The van der Waals surface area contributed by atoms with Crippen LogP contribution in [0.15, 0.2) is 46.9 Å². The van der Waals surface area contributed by atoms with Gasteiger partial charge in [0.2, 0.25) is 0 Å². The fraction of sp³-hybridized carbons (Fsp3) is 0.143. The van der Waals surface area contributed by atoms with Crippen molar-refractivity contribution in [3.05, 3.63) is 68.7 Å². The molecule has 0 saturated carbocycles. The van der Waals surface area contributed by atoms with Gasteiger partial charge in [0.05, 0.1) is 11.6 Å². The summed E-state index contributed by atoms with van der Waals surface area (Å²) >= 11 is 9.33. The smallest absolute Gasteiger partial charge is 0.271 e. The van der Waals surface area contributed by atoms with Crippen LogP contribution in [0.1, 0.15) is 22.7 Å². The molecule has 0 radical (unpaired) electrons. The van der Waals surface area contributed by atoms with Gasteiger partial charge in [0.1, 0.15) is 0 Å². The predicted octanol–water partition coefficient (Wildman–Crippen LogP) is 4.67. The van der Waals surface area contributed by atoms with Crippen LogP contribution >= 0.6 is 27.5 Å². The minimum atomic E-state index is -4.36. The van der Waals surface area contributed by atoms with Crippen LogP contribution in [0.2, 0.25) is 5.02 Å². The second-order valence-corrected chi connectivity index (χ2v) is 5.68. The molecule has 0 saturated heterocycles. The van der Waals surface area contributed by atoms with Crippen LogP contribution in [0, 0.1) is 0 Å². The molecule has 0 aliphatic heterocycles. The summed E-state index contributed by atoms with van der Waals surface area (Å²) in [5, 5.41) is 0.514. The fourth-order valence-electron chi connectivity index (χ4n) is 1.97. The van der Waals surface area contributed by atoms with E-state index in [1.165, 1.54) is 12.1 Å². The average Bonchev–Trinajstić information content (AvgIpc) is 2.43. The first-order valence-electron chi connectivity index (χ1n) is 5.91. The number of nitrogens with one attached hydrogen (secondary N) is 1. The molecule has 2 aromatic carbocycles. The highest BCUT2D eigenvalue weighted by molar-refractivity contribution is 9.10. The quantitative estimate of drug-likeness (QED) is 0.600. The van der Waals surface area contributed by atoms with Gasteiger partial charge in [-0.15, -0.1) is 0 Å². The van der Waals surface area contributed by atoms with E-state index in [2.05, 4.69) is 21.4 Å². The topological polar surface area (TPSA) is 38.0 Å². The normalized spacial score (nSPS) is 13.2. The second-order valence-electron chi connectivity index (χ2n) is 4.39. The third-order valence-corrected chi connectivity index (χ3v) is 3.96. The van der Waals surface area contributed by atoms with Gasteiger partial charge in [0.25, 0.3) is 0 Å². The van der Waals surface area contributed by atoms with Crippen LogP contribution < -0.4 is 11.3 Å². The molecule has 21 heavy (non-hydrogen) atoms. The van der Waals surface area contributed by atoms with Crippen molar-refractivity contribution in [1.82, 2.24) is 5.43 Å². The van der Waals surface area contributed by atoms with E-state index in [9.17, 15) is 13.2 Å². The van der Waals surface area contributed by atoms with E-state index in [1.807, 2.05) is 0 Å². The molecule has 0 aliphatic rings. The van der Waals surface area contributed by atoms with E-state index in [4.69, 9.17) is 17.4 Å². The Kier molecular flexibility index (Phi) is 4.93. The van der Waals surface area contributed by atoms with Gasteiger partial charge < -0.3 is 0 Å². The lowest BCUT2D eigenvalue weighted by Gasteiger charge is -2.19. The summed E-state index contributed by atoms with van der Waals surface area (Å²) < 4.78 is 38.5. The van der Waals surface area contributed by atoms with Crippen molar-refractivity contribution in [2.24, 2.45) is 5.84 Å². The molecular formula is C14H11BrClF3N2. The molecule has 0 fully saturated rings. The number of hydrogen-bond donors (Lipinski definition) is 2. The highest BCUT2D eigenvalue weighted by atomic mass is 79.9. The first-order chi connectivity index (χ1) is 9.82. The van der Waals surface area contributed by atoms with Crippen LogP contribution in [0.3, 0.4) is 0 Å². The number of alkyl halides is 3.